The van der Waals surface area contributed by atoms with E-state index in [2.05, 4.69) is 455 Å². The van der Waals surface area contributed by atoms with Crippen LogP contribution in [0.25, 0.3) is 222 Å². The lowest BCUT2D eigenvalue weighted by molar-refractivity contribution is 1.15. The minimum Gasteiger partial charge on any atom is -0.309 e. The number of aromatic nitrogens is 8. The van der Waals surface area contributed by atoms with Gasteiger partial charge in [-0.15, -0.1) is 0 Å². The van der Waals surface area contributed by atoms with E-state index < -0.39 is 0 Å². The smallest absolute Gasteiger partial charge is 0.160 e. The number of nitrogens with zero attached hydrogens (tertiary/aromatic N) is 8. The van der Waals surface area contributed by atoms with Crippen molar-refractivity contribution in [2.24, 2.45) is 0 Å². The van der Waals surface area contributed by atoms with Crippen LogP contribution in [0.1, 0.15) is 0 Å². The van der Waals surface area contributed by atoms with E-state index in [4.69, 9.17) is 19.9 Å². The maximum Gasteiger partial charge on any atom is 0.160 e. The Hall–Kier alpha value is -16.7. The fourth-order valence-electron chi connectivity index (χ4n) is 18.4. The second-order valence-electron chi connectivity index (χ2n) is 31.7. The summed E-state index contributed by atoms with van der Waals surface area (Å²) in [6.45, 7) is 0. The van der Waals surface area contributed by atoms with E-state index in [-0.39, 0.29) is 0 Å². The van der Waals surface area contributed by atoms with Crippen LogP contribution in [0.2, 0.25) is 0 Å². The minimum absolute atomic E-state index is 0.654. The third-order valence-electron chi connectivity index (χ3n) is 24.2. The number of para-hydroxylation sites is 6. The third-order valence-corrected chi connectivity index (χ3v) is 24.2. The molecule has 0 spiro atoms. The molecule has 0 fully saturated rings. The minimum atomic E-state index is 0.654. The van der Waals surface area contributed by atoms with Crippen molar-refractivity contribution in [3.8, 4) is 135 Å². The monoisotopic (exact) mass is 1580 g/mol. The van der Waals surface area contributed by atoms with Gasteiger partial charge >= 0.3 is 0 Å². The number of rotatable bonds is 14. The molecule has 0 N–H and O–H groups in total. The Kier molecular flexibility index (Phi) is 18.1. The highest BCUT2D eigenvalue weighted by Crippen LogP contribution is 2.44. The number of fused-ring (bicyclic) bond motifs is 12. The summed E-state index contributed by atoms with van der Waals surface area (Å²) in [4.78, 5) is 21.3. The molecule has 0 radical (unpaired) electrons. The Morgan fingerprint density at radius 3 is 0.726 bits per heavy atom. The van der Waals surface area contributed by atoms with Crippen LogP contribution in [0, 0.1) is 0 Å². The molecule has 0 saturated heterocycles. The van der Waals surface area contributed by atoms with Gasteiger partial charge in [0.25, 0.3) is 0 Å². The molecular weight excluding hydrogens is 1510 g/mol. The molecule has 0 aliphatic carbocycles. The Labute approximate surface area is 716 Å². The van der Waals surface area contributed by atoms with Gasteiger partial charge in [0, 0.05) is 99.2 Å². The lowest BCUT2D eigenvalue weighted by atomic mass is 9.98. The molecule has 6 heterocycles. The van der Waals surface area contributed by atoms with Crippen LogP contribution in [0.4, 0.5) is 0 Å². The molecule has 0 aliphatic rings. The van der Waals surface area contributed by atoms with Gasteiger partial charge in [-0.2, -0.15) is 0 Å². The fourth-order valence-corrected chi connectivity index (χ4v) is 18.4. The van der Waals surface area contributed by atoms with Crippen molar-refractivity contribution in [1.29, 1.82) is 0 Å². The molecule has 0 atom stereocenters. The van der Waals surface area contributed by atoms with Crippen LogP contribution in [0.3, 0.4) is 0 Å². The standard InChI is InChI=1S/C64H42N4.C52H34N4/c1-4-18-43(19-5-1)46-24-16-26-48(36-46)58-42-59(49-27-17-25-47(37-49)44-20-6-2-7-21-44)66-64(65-58)51-38-50(45-22-8-3-9-23-45)39-53(40-51)68-62-33-15-12-30-56(62)57-41-52(34-35-63(57)68)67-60-31-13-10-28-54(60)55-29-11-14-32-61(55)67;1-4-16-35(17-5-1)38-30-39(47-34-46(36-18-6-2-7-19-36)53-52(54-47)37-20-8-3-9-21-37)32-41(31-38)56-50-27-15-12-24-44(50)45-33-40(28-29-51(45)56)55-48-25-13-10-22-42(48)43-23-11-14-26-49(43)55/h1-42H;1-34H. The molecule has 0 amide bonds. The van der Waals surface area contributed by atoms with E-state index in [1.54, 1.807) is 0 Å². The van der Waals surface area contributed by atoms with Crippen molar-refractivity contribution in [3.05, 3.63) is 461 Å². The summed E-state index contributed by atoms with van der Waals surface area (Å²) in [5.74, 6) is 1.35. The first-order chi connectivity index (χ1) is 61.5. The summed E-state index contributed by atoms with van der Waals surface area (Å²) in [5.41, 5.74) is 32.2. The summed E-state index contributed by atoms with van der Waals surface area (Å²) in [5, 5.41) is 9.79. The van der Waals surface area contributed by atoms with Crippen molar-refractivity contribution in [2.75, 3.05) is 0 Å². The Balaban J connectivity index is 0.000000146. The van der Waals surface area contributed by atoms with Crippen LogP contribution in [0.15, 0.2) is 461 Å². The van der Waals surface area contributed by atoms with E-state index in [1.807, 2.05) is 24.3 Å². The molecule has 124 heavy (non-hydrogen) atoms. The number of hydrogen-bond acceptors (Lipinski definition) is 4. The lowest BCUT2D eigenvalue weighted by Crippen LogP contribution is -2.00. The molecule has 8 heteroatoms. The van der Waals surface area contributed by atoms with Crippen molar-refractivity contribution in [3.63, 3.8) is 0 Å². The lowest BCUT2D eigenvalue weighted by Gasteiger charge is -2.15. The highest BCUT2D eigenvalue weighted by atomic mass is 15.0. The highest BCUT2D eigenvalue weighted by Gasteiger charge is 2.24. The van der Waals surface area contributed by atoms with Gasteiger partial charge < -0.3 is 18.3 Å². The van der Waals surface area contributed by atoms with Gasteiger partial charge in [-0.3, -0.25) is 0 Å². The number of benzene rings is 18. The first-order valence-electron chi connectivity index (χ1n) is 42.1. The maximum atomic E-state index is 5.46. The number of hydrogen-bond donors (Lipinski definition) is 0. The third kappa shape index (κ3) is 13.1. The summed E-state index contributed by atoms with van der Waals surface area (Å²) in [7, 11) is 0. The van der Waals surface area contributed by atoms with Gasteiger partial charge in [0.15, 0.2) is 11.6 Å². The van der Waals surface area contributed by atoms with Gasteiger partial charge in [-0.1, -0.05) is 328 Å². The van der Waals surface area contributed by atoms with Crippen LogP contribution in [-0.4, -0.2) is 38.2 Å². The normalized spacial score (nSPS) is 11.5. The fraction of sp³-hybridized carbons (Fsp3) is 0. The van der Waals surface area contributed by atoms with E-state index in [0.717, 1.165) is 145 Å². The zero-order valence-electron chi connectivity index (χ0n) is 67.5. The first-order valence-corrected chi connectivity index (χ1v) is 42.1. The Morgan fingerprint density at radius 2 is 0.355 bits per heavy atom. The van der Waals surface area contributed by atoms with E-state index in [0.29, 0.717) is 11.6 Å². The molecule has 24 rings (SSSR count). The second-order valence-corrected chi connectivity index (χ2v) is 31.7. The van der Waals surface area contributed by atoms with Crippen molar-refractivity contribution in [1.82, 2.24) is 38.2 Å². The zero-order valence-corrected chi connectivity index (χ0v) is 67.5. The van der Waals surface area contributed by atoms with Gasteiger partial charge in [0.2, 0.25) is 0 Å². The van der Waals surface area contributed by atoms with Crippen molar-refractivity contribution in [2.45, 2.75) is 0 Å². The quantitative estimate of drug-likeness (QED) is 0.109. The highest BCUT2D eigenvalue weighted by molar-refractivity contribution is 6.15. The van der Waals surface area contributed by atoms with Gasteiger partial charge in [-0.05, 0) is 178 Å². The second kappa shape index (κ2) is 30.9. The Morgan fingerprint density at radius 1 is 0.121 bits per heavy atom. The summed E-state index contributed by atoms with van der Waals surface area (Å²) in [6.07, 6.45) is 0. The predicted octanol–water partition coefficient (Wildman–Crippen LogP) is 30.0. The molecule has 0 unspecified atom stereocenters. The molecule has 0 saturated carbocycles. The molecule has 580 valence electrons. The van der Waals surface area contributed by atoms with Crippen LogP contribution in [0.5, 0.6) is 0 Å². The molecule has 8 nitrogen and oxygen atoms in total. The van der Waals surface area contributed by atoms with E-state index in [1.165, 1.54) is 65.2 Å². The average molecular weight is 1580 g/mol. The molecular formula is C116H76N8. The predicted molar refractivity (Wildman–Crippen MR) is 516 cm³/mol. The summed E-state index contributed by atoms with van der Waals surface area (Å²) in [6, 6.07) is 164. The van der Waals surface area contributed by atoms with Gasteiger partial charge in [0.1, 0.15) is 0 Å². The van der Waals surface area contributed by atoms with Crippen molar-refractivity contribution < 1.29 is 0 Å². The molecule has 0 aliphatic heterocycles. The van der Waals surface area contributed by atoms with Gasteiger partial charge in [-0.25, -0.2) is 19.9 Å². The molecule has 18 aromatic carbocycles. The molecule has 24 aromatic rings. The van der Waals surface area contributed by atoms with E-state index >= 15 is 0 Å². The Bertz CT molecular complexity index is 7950. The molecule has 0 bridgehead atoms. The zero-order chi connectivity index (χ0) is 82.0. The molecule has 6 aromatic heterocycles. The SMILES string of the molecule is c1ccc(-c2cc(-c3cc(-c4ccccc4)nc(-c4ccccc4)n3)cc(-n3c4ccccc4c4cc(-n5c6ccccc6c6ccccc65)ccc43)c2)cc1.c1ccc(-c2cccc(-c3cc(-c4cccc(-c5ccccc5)c4)nc(-c4cc(-c5ccccc5)cc(-n5c6ccccc6c6cc(-n7c8ccccc8c8ccccc87)ccc65)c4)n3)c2)cc1. The average Bonchev–Trinajstić information content (AvgIpc) is 1.57. The van der Waals surface area contributed by atoms with Crippen molar-refractivity contribution >= 4 is 87.2 Å². The van der Waals surface area contributed by atoms with Crippen LogP contribution >= 0.6 is 0 Å². The summed E-state index contributed by atoms with van der Waals surface area (Å²) < 4.78 is 9.62. The van der Waals surface area contributed by atoms with Crippen LogP contribution in [-0.2, 0) is 0 Å². The largest absolute Gasteiger partial charge is 0.309 e. The topological polar surface area (TPSA) is 71.3 Å². The van der Waals surface area contributed by atoms with Crippen LogP contribution < -0.4 is 0 Å². The first kappa shape index (κ1) is 72.5. The maximum absolute atomic E-state index is 5.46. The van der Waals surface area contributed by atoms with Gasteiger partial charge in [0.05, 0.1) is 66.9 Å². The van der Waals surface area contributed by atoms with E-state index in [9.17, 15) is 0 Å². The summed E-state index contributed by atoms with van der Waals surface area (Å²) >= 11 is 0.